The van der Waals surface area contributed by atoms with Crippen molar-refractivity contribution in [1.82, 2.24) is 15.2 Å². The SMILES string of the molecule is O=C1C(=O)N(c2nnc(SCc3ccccc3F)s2)C(c2cccnc2)/C1=C(/O)c1ccccc1. The van der Waals surface area contributed by atoms with E-state index >= 15 is 0 Å². The smallest absolute Gasteiger partial charge is 0.301 e. The summed E-state index contributed by atoms with van der Waals surface area (Å²) in [5.74, 6) is -1.90. The molecule has 0 bridgehead atoms. The fourth-order valence-corrected chi connectivity index (χ4v) is 5.60. The van der Waals surface area contributed by atoms with Crippen LogP contribution in [0, 0.1) is 5.82 Å². The van der Waals surface area contributed by atoms with E-state index in [1.807, 2.05) is 0 Å². The highest BCUT2D eigenvalue weighted by Gasteiger charge is 2.48. The van der Waals surface area contributed by atoms with Crippen molar-refractivity contribution in [2.24, 2.45) is 0 Å². The summed E-state index contributed by atoms with van der Waals surface area (Å²) in [7, 11) is 0. The Kier molecular flexibility index (Phi) is 6.39. The quantitative estimate of drug-likeness (QED) is 0.130. The summed E-state index contributed by atoms with van der Waals surface area (Å²) in [6.07, 6.45) is 3.12. The van der Waals surface area contributed by atoms with Crippen LogP contribution >= 0.6 is 23.1 Å². The van der Waals surface area contributed by atoms with Crippen molar-refractivity contribution in [3.05, 3.63) is 107 Å². The Morgan fingerprint density at radius 3 is 2.54 bits per heavy atom. The Morgan fingerprint density at radius 2 is 1.80 bits per heavy atom. The van der Waals surface area contributed by atoms with E-state index in [-0.39, 0.29) is 22.3 Å². The van der Waals surface area contributed by atoms with Gasteiger partial charge in [0.15, 0.2) is 4.34 Å². The highest BCUT2D eigenvalue weighted by molar-refractivity contribution is 8.00. The number of carbonyl (C=O) groups is 2. The molecule has 0 radical (unpaired) electrons. The molecule has 0 spiro atoms. The Morgan fingerprint density at radius 1 is 1.03 bits per heavy atom. The van der Waals surface area contributed by atoms with Crippen LogP contribution in [0.25, 0.3) is 5.76 Å². The molecule has 5 rings (SSSR count). The first kappa shape index (κ1) is 22.9. The third kappa shape index (κ3) is 4.45. The monoisotopic (exact) mass is 504 g/mol. The lowest BCUT2D eigenvalue weighted by Crippen LogP contribution is -2.29. The van der Waals surface area contributed by atoms with E-state index in [4.69, 9.17) is 0 Å². The maximum Gasteiger partial charge on any atom is 0.301 e. The zero-order valence-electron chi connectivity index (χ0n) is 18.0. The number of halogens is 1. The third-order valence-corrected chi connectivity index (χ3v) is 7.51. The highest BCUT2D eigenvalue weighted by Crippen LogP contribution is 2.43. The average molecular weight is 505 g/mol. The van der Waals surface area contributed by atoms with Gasteiger partial charge in [-0.3, -0.25) is 19.5 Å². The van der Waals surface area contributed by atoms with Gasteiger partial charge in [-0.2, -0.15) is 0 Å². The molecule has 1 fully saturated rings. The molecule has 174 valence electrons. The predicted octanol–water partition coefficient (Wildman–Crippen LogP) is 4.99. The fourth-order valence-electron chi connectivity index (χ4n) is 3.75. The minimum atomic E-state index is -0.929. The Balaban J connectivity index is 1.52. The number of aliphatic hydroxyl groups excluding tert-OH is 1. The lowest BCUT2D eigenvalue weighted by atomic mass is 9.96. The number of anilines is 1. The van der Waals surface area contributed by atoms with Gasteiger partial charge in [0.05, 0.1) is 11.6 Å². The van der Waals surface area contributed by atoms with Crippen LogP contribution in [0.2, 0.25) is 0 Å². The van der Waals surface area contributed by atoms with Crippen LogP contribution in [0.5, 0.6) is 0 Å². The van der Waals surface area contributed by atoms with Crippen molar-refractivity contribution < 1.29 is 19.1 Å². The Hall–Kier alpha value is -3.89. The number of amides is 1. The molecule has 1 saturated heterocycles. The molecule has 7 nitrogen and oxygen atoms in total. The van der Waals surface area contributed by atoms with Gasteiger partial charge < -0.3 is 5.11 Å². The van der Waals surface area contributed by atoms with Gasteiger partial charge in [-0.25, -0.2) is 4.39 Å². The molecule has 1 unspecified atom stereocenters. The number of benzene rings is 2. The summed E-state index contributed by atoms with van der Waals surface area (Å²) in [5.41, 5.74) is 1.43. The maximum atomic E-state index is 14.0. The number of thioether (sulfide) groups is 1. The molecule has 1 atom stereocenters. The summed E-state index contributed by atoms with van der Waals surface area (Å²) >= 11 is 2.39. The molecule has 2 aromatic carbocycles. The second kappa shape index (κ2) is 9.77. The summed E-state index contributed by atoms with van der Waals surface area (Å²) in [4.78, 5) is 31.6. The van der Waals surface area contributed by atoms with Crippen LogP contribution in [-0.2, 0) is 15.3 Å². The number of carbonyl (C=O) groups excluding carboxylic acids is 2. The average Bonchev–Trinajstić information content (AvgIpc) is 3.46. The first-order valence-corrected chi connectivity index (χ1v) is 12.3. The minimum Gasteiger partial charge on any atom is -0.507 e. The van der Waals surface area contributed by atoms with E-state index in [1.165, 1.54) is 28.9 Å². The number of hydrogen-bond donors (Lipinski definition) is 1. The van der Waals surface area contributed by atoms with Gasteiger partial charge >= 0.3 is 5.91 Å². The largest absolute Gasteiger partial charge is 0.507 e. The van der Waals surface area contributed by atoms with E-state index in [0.29, 0.717) is 26.8 Å². The molecule has 1 N–H and O–H groups in total. The fraction of sp³-hybridized carbons (Fsp3) is 0.0800. The number of aromatic nitrogens is 3. The molecule has 0 aliphatic carbocycles. The number of hydrogen-bond acceptors (Lipinski definition) is 8. The molecule has 2 aromatic heterocycles. The number of aliphatic hydroxyl groups is 1. The van der Waals surface area contributed by atoms with Crippen LogP contribution < -0.4 is 4.90 Å². The predicted molar refractivity (Wildman–Crippen MR) is 131 cm³/mol. The number of ketones is 1. The normalized spacial score (nSPS) is 17.2. The summed E-state index contributed by atoms with van der Waals surface area (Å²) in [6, 6.07) is 17.5. The van der Waals surface area contributed by atoms with E-state index < -0.39 is 17.7 Å². The van der Waals surface area contributed by atoms with Crippen LogP contribution in [0.1, 0.15) is 22.7 Å². The second-order valence-corrected chi connectivity index (χ2v) is 9.73. The highest BCUT2D eigenvalue weighted by atomic mass is 32.2. The minimum absolute atomic E-state index is 0.0510. The van der Waals surface area contributed by atoms with E-state index in [9.17, 15) is 19.1 Å². The van der Waals surface area contributed by atoms with Gasteiger partial charge in [0.2, 0.25) is 5.13 Å². The maximum absolute atomic E-state index is 14.0. The first-order chi connectivity index (χ1) is 17.0. The van der Waals surface area contributed by atoms with Gasteiger partial charge in [0.25, 0.3) is 5.78 Å². The molecule has 0 saturated carbocycles. The zero-order chi connectivity index (χ0) is 24.4. The molecule has 35 heavy (non-hydrogen) atoms. The van der Waals surface area contributed by atoms with Crippen molar-refractivity contribution in [2.45, 2.75) is 16.1 Å². The molecule has 1 aliphatic rings. The lowest BCUT2D eigenvalue weighted by Gasteiger charge is -2.22. The third-order valence-electron chi connectivity index (χ3n) is 5.40. The first-order valence-electron chi connectivity index (χ1n) is 10.5. The molecule has 1 amide bonds. The van der Waals surface area contributed by atoms with Gasteiger partial charge in [0, 0.05) is 23.7 Å². The van der Waals surface area contributed by atoms with Crippen molar-refractivity contribution in [3.63, 3.8) is 0 Å². The number of rotatable bonds is 6. The van der Waals surface area contributed by atoms with Crippen LogP contribution in [0.4, 0.5) is 9.52 Å². The van der Waals surface area contributed by atoms with Gasteiger partial charge in [0.1, 0.15) is 11.6 Å². The van der Waals surface area contributed by atoms with Gasteiger partial charge in [-0.15, -0.1) is 10.2 Å². The van der Waals surface area contributed by atoms with Crippen molar-refractivity contribution in [1.29, 1.82) is 0 Å². The van der Waals surface area contributed by atoms with Gasteiger partial charge in [-0.1, -0.05) is 77.7 Å². The number of nitrogens with zero attached hydrogens (tertiary/aromatic N) is 4. The van der Waals surface area contributed by atoms with E-state index in [0.717, 1.165) is 11.3 Å². The molecule has 1 aliphatic heterocycles. The summed E-state index contributed by atoms with van der Waals surface area (Å²) in [6.45, 7) is 0. The molecule has 3 heterocycles. The molecular weight excluding hydrogens is 487 g/mol. The summed E-state index contributed by atoms with van der Waals surface area (Å²) < 4.78 is 14.5. The number of Topliss-reactive ketones (excluding diaryl/α,β-unsaturated/α-hetero) is 1. The van der Waals surface area contributed by atoms with Crippen molar-refractivity contribution >= 4 is 45.7 Å². The Labute approximate surface area is 208 Å². The van der Waals surface area contributed by atoms with Gasteiger partial charge in [-0.05, 0) is 23.3 Å². The number of pyridine rings is 1. The van der Waals surface area contributed by atoms with E-state index in [1.54, 1.807) is 66.9 Å². The van der Waals surface area contributed by atoms with Crippen LogP contribution in [0.15, 0.2) is 89.0 Å². The van der Waals surface area contributed by atoms with Crippen molar-refractivity contribution in [3.8, 4) is 0 Å². The summed E-state index contributed by atoms with van der Waals surface area (Å²) in [5, 5.41) is 19.5. The Bertz CT molecular complexity index is 1430. The molecular formula is C25H17FN4O3S2. The van der Waals surface area contributed by atoms with Crippen molar-refractivity contribution in [2.75, 3.05) is 4.90 Å². The molecule has 4 aromatic rings. The lowest BCUT2D eigenvalue weighted by molar-refractivity contribution is -0.132. The standard InChI is InChI=1S/C25H17FN4O3S2/c26-18-11-5-4-9-17(18)14-34-25-29-28-24(35-25)30-20(16-10-6-12-27-13-16)19(22(32)23(30)33)21(31)15-7-2-1-3-8-15/h1-13,20,31H,14H2/b21-19-. The topological polar surface area (TPSA) is 96.3 Å². The molecule has 10 heteroatoms. The zero-order valence-corrected chi connectivity index (χ0v) is 19.7. The van der Waals surface area contributed by atoms with Crippen LogP contribution in [-0.4, -0.2) is 32.0 Å². The second-order valence-electron chi connectivity index (χ2n) is 7.55. The van der Waals surface area contributed by atoms with Crippen LogP contribution in [0.3, 0.4) is 0 Å². The van der Waals surface area contributed by atoms with E-state index in [2.05, 4.69) is 15.2 Å².